The molecule has 1 fully saturated rings. The van der Waals surface area contributed by atoms with Gasteiger partial charge in [0.05, 0.1) is 11.4 Å². The van der Waals surface area contributed by atoms with E-state index in [-0.39, 0.29) is 22.0 Å². The molecule has 0 aliphatic carbocycles. The molecule has 0 N–H and O–H groups in total. The van der Waals surface area contributed by atoms with Gasteiger partial charge in [0.1, 0.15) is 11.6 Å². The maximum atomic E-state index is 14.2. The molecule has 3 aromatic carbocycles. The Morgan fingerprint density at radius 2 is 1.71 bits per heavy atom. The second-order valence-electron chi connectivity index (χ2n) is 7.93. The molecule has 1 aliphatic rings. The largest absolute Gasteiger partial charge is 0.342 e. The maximum absolute atomic E-state index is 14.2. The minimum absolute atomic E-state index is 0.0884. The third-order valence-corrected chi connectivity index (χ3v) is 7.33. The number of halogens is 4. The van der Waals surface area contributed by atoms with E-state index in [9.17, 15) is 18.4 Å². The van der Waals surface area contributed by atoms with Crippen LogP contribution in [0.5, 0.6) is 0 Å². The molecule has 0 bridgehead atoms. The number of rotatable bonds is 5. The van der Waals surface area contributed by atoms with Gasteiger partial charge >= 0.3 is 0 Å². The number of thioether (sulfide) groups is 1. The fourth-order valence-electron chi connectivity index (χ4n) is 3.97. The van der Waals surface area contributed by atoms with E-state index in [1.165, 1.54) is 30.3 Å². The molecule has 1 aromatic heterocycles. The number of carbonyl (C=O) groups excluding carboxylic acids is 2. The van der Waals surface area contributed by atoms with Gasteiger partial charge in [-0.05, 0) is 53.7 Å². The van der Waals surface area contributed by atoms with Crippen molar-refractivity contribution in [2.24, 2.45) is 0 Å². The Kier molecular flexibility index (Phi) is 6.40. The van der Waals surface area contributed by atoms with E-state index >= 15 is 0 Å². The zero-order valence-corrected chi connectivity index (χ0v) is 20.3. The molecule has 0 unspecified atom stereocenters. The van der Waals surface area contributed by atoms with E-state index < -0.39 is 22.8 Å². The Hall–Kier alpha value is -3.13. The summed E-state index contributed by atoms with van der Waals surface area (Å²) < 4.78 is 29.6. The second kappa shape index (κ2) is 9.49. The average Bonchev–Trinajstić information content (AvgIpc) is 3.30. The number of fused-ring (bicyclic) bond motifs is 1. The Balaban J connectivity index is 1.48. The van der Waals surface area contributed by atoms with Crippen molar-refractivity contribution in [3.05, 3.63) is 110 Å². The van der Waals surface area contributed by atoms with Crippen molar-refractivity contribution in [1.29, 1.82) is 0 Å². The zero-order valence-electron chi connectivity index (χ0n) is 18.0. The molecule has 2 heterocycles. The lowest BCUT2D eigenvalue weighted by Crippen LogP contribution is -2.28. The van der Waals surface area contributed by atoms with E-state index in [1.807, 2.05) is 35.0 Å². The van der Waals surface area contributed by atoms with Gasteiger partial charge in [-0.15, -0.1) is 0 Å². The molecule has 9 heteroatoms. The first-order valence-electron chi connectivity index (χ1n) is 10.5. The van der Waals surface area contributed by atoms with Gasteiger partial charge in [0, 0.05) is 44.8 Å². The van der Waals surface area contributed by atoms with Crippen LogP contribution in [0.1, 0.15) is 16.7 Å². The molecule has 1 saturated heterocycles. The van der Waals surface area contributed by atoms with Gasteiger partial charge in [0.25, 0.3) is 11.1 Å². The lowest BCUT2D eigenvalue weighted by molar-refractivity contribution is -0.123. The second-order valence-corrected chi connectivity index (χ2v) is 9.74. The van der Waals surface area contributed by atoms with E-state index in [0.717, 1.165) is 38.7 Å². The highest BCUT2D eigenvalue weighted by atomic mass is 35.5. The summed E-state index contributed by atoms with van der Waals surface area (Å²) in [5, 5.41) is 0.838. The molecule has 4 nitrogen and oxygen atoms in total. The molecule has 176 valence electrons. The first-order chi connectivity index (χ1) is 16.8. The predicted molar refractivity (Wildman–Crippen MR) is 135 cm³/mol. The molecule has 1 aliphatic heterocycles. The van der Waals surface area contributed by atoms with Gasteiger partial charge in [-0.2, -0.15) is 0 Å². The summed E-state index contributed by atoms with van der Waals surface area (Å²) in [5.74, 6) is -1.51. The molecule has 0 saturated carbocycles. The number of imide groups is 1. The van der Waals surface area contributed by atoms with Crippen LogP contribution in [0.4, 0.5) is 13.6 Å². The van der Waals surface area contributed by atoms with Crippen molar-refractivity contribution < 1.29 is 18.4 Å². The number of hydrogen-bond donors (Lipinski definition) is 0. The van der Waals surface area contributed by atoms with Crippen molar-refractivity contribution in [2.45, 2.75) is 13.1 Å². The van der Waals surface area contributed by atoms with Crippen LogP contribution in [0.2, 0.25) is 10.0 Å². The number of hydrogen-bond acceptors (Lipinski definition) is 3. The summed E-state index contributed by atoms with van der Waals surface area (Å²) >= 11 is 13.1. The van der Waals surface area contributed by atoms with Crippen LogP contribution >= 0.6 is 35.0 Å². The van der Waals surface area contributed by atoms with Gasteiger partial charge in [-0.3, -0.25) is 14.5 Å². The summed E-state index contributed by atoms with van der Waals surface area (Å²) in [6, 6.07) is 16.1. The minimum atomic E-state index is -0.581. The summed E-state index contributed by atoms with van der Waals surface area (Å²) in [5.41, 5.74) is 2.44. The monoisotopic (exact) mass is 528 g/mol. The van der Waals surface area contributed by atoms with Gasteiger partial charge in [0.2, 0.25) is 0 Å². The SMILES string of the molecule is O=C1S/C(=C/c2cn(Cc3ccc(F)cc3Cl)c3ccccc23)C(=O)N1Cc1c(F)cccc1Cl. The molecule has 4 aromatic rings. The Bertz CT molecular complexity index is 1510. The summed E-state index contributed by atoms with van der Waals surface area (Å²) in [6.07, 6.45) is 3.50. The molecule has 0 atom stereocenters. The maximum Gasteiger partial charge on any atom is 0.293 e. The van der Waals surface area contributed by atoms with Gasteiger partial charge in [0.15, 0.2) is 0 Å². The summed E-state index contributed by atoms with van der Waals surface area (Å²) in [7, 11) is 0. The molecular weight excluding hydrogens is 513 g/mol. The van der Waals surface area contributed by atoms with Crippen LogP contribution in [-0.2, 0) is 17.9 Å². The number of nitrogens with zero attached hydrogens (tertiary/aromatic N) is 2. The van der Waals surface area contributed by atoms with Crippen molar-refractivity contribution >= 4 is 63.1 Å². The molecule has 2 amide bonds. The Labute approximate surface area is 213 Å². The molecule has 0 spiro atoms. The minimum Gasteiger partial charge on any atom is -0.342 e. The molecule has 35 heavy (non-hydrogen) atoms. The molecular formula is C26H16Cl2F2N2O2S. The zero-order chi connectivity index (χ0) is 24.7. The Morgan fingerprint density at radius 1 is 0.914 bits per heavy atom. The highest BCUT2D eigenvalue weighted by Crippen LogP contribution is 2.36. The van der Waals surface area contributed by atoms with Crippen LogP contribution in [0.25, 0.3) is 17.0 Å². The number of amides is 2. The predicted octanol–water partition coefficient (Wildman–Crippen LogP) is 7.51. The third-order valence-electron chi connectivity index (χ3n) is 5.71. The standard InChI is InChI=1S/C26H16Cl2F2N2O2S/c27-20-5-3-6-22(30)19(20)14-32-25(33)24(35-26(32)34)10-16-13-31(23-7-2-1-4-18(16)23)12-15-8-9-17(29)11-21(15)28/h1-11,13H,12,14H2/b24-10+. The Morgan fingerprint density at radius 3 is 2.49 bits per heavy atom. The van der Waals surface area contributed by atoms with E-state index in [2.05, 4.69) is 0 Å². The lowest BCUT2D eigenvalue weighted by Gasteiger charge is -2.14. The smallest absolute Gasteiger partial charge is 0.293 e. The van der Waals surface area contributed by atoms with Gasteiger partial charge in [-0.1, -0.05) is 53.5 Å². The fraction of sp³-hybridized carbons (Fsp3) is 0.0769. The van der Waals surface area contributed by atoms with Gasteiger partial charge in [-0.25, -0.2) is 8.78 Å². The van der Waals surface area contributed by atoms with Crippen molar-refractivity contribution in [3.8, 4) is 0 Å². The summed E-state index contributed by atoms with van der Waals surface area (Å²) in [4.78, 5) is 26.9. The van der Waals surface area contributed by atoms with Crippen LogP contribution in [0.15, 0.2) is 71.8 Å². The first kappa shape index (κ1) is 23.6. The van der Waals surface area contributed by atoms with Crippen molar-refractivity contribution in [1.82, 2.24) is 9.47 Å². The van der Waals surface area contributed by atoms with Crippen LogP contribution in [0, 0.1) is 11.6 Å². The number of benzene rings is 3. The summed E-state index contributed by atoms with van der Waals surface area (Å²) in [6.45, 7) is 0.138. The van der Waals surface area contributed by atoms with E-state index in [4.69, 9.17) is 23.2 Å². The first-order valence-corrected chi connectivity index (χ1v) is 12.1. The molecule has 5 rings (SSSR count). The van der Waals surface area contributed by atoms with Crippen molar-refractivity contribution in [2.75, 3.05) is 0 Å². The fourth-order valence-corrected chi connectivity index (χ4v) is 5.25. The lowest BCUT2D eigenvalue weighted by atomic mass is 10.1. The number of carbonyl (C=O) groups is 2. The quantitative estimate of drug-likeness (QED) is 0.251. The highest BCUT2D eigenvalue weighted by Gasteiger charge is 2.36. The highest BCUT2D eigenvalue weighted by molar-refractivity contribution is 8.18. The van der Waals surface area contributed by atoms with Crippen molar-refractivity contribution in [3.63, 3.8) is 0 Å². The van der Waals surface area contributed by atoms with Crippen LogP contribution in [0.3, 0.4) is 0 Å². The normalized spacial score (nSPS) is 15.1. The average molecular weight is 529 g/mol. The van der Waals surface area contributed by atoms with E-state index in [1.54, 1.807) is 12.1 Å². The van der Waals surface area contributed by atoms with Crippen LogP contribution < -0.4 is 0 Å². The number of aromatic nitrogens is 1. The van der Waals surface area contributed by atoms with Gasteiger partial charge < -0.3 is 4.57 Å². The topological polar surface area (TPSA) is 42.3 Å². The van der Waals surface area contributed by atoms with Crippen LogP contribution in [-0.4, -0.2) is 20.6 Å². The van der Waals surface area contributed by atoms with E-state index in [0.29, 0.717) is 11.6 Å². The molecule has 0 radical (unpaired) electrons. The third kappa shape index (κ3) is 4.59. The number of para-hydroxylation sites is 1.